The fraction of sp³-hybridized carbons (Fsp3) is 0.581. The summed E-state index contributed by atoms with van der Waals surface area (Å²) in [6.45, 7) is 0.484. The Labute approximate surface area is 237 Å². The third kappa shape index (κ3) is 4.33. The molecule has 41 heavy (non-hydrogen) atoms. The first-order valence-electron chi connectivity index (χ1n) is 14.9. The highest BCUT2D eigenvalue weighted by atomic mass is 16.5. The molecule has 2 saturated heterocycles. The molecule has 4 saturated carbocycles. The van der Waals surface area contributed by atoms with Gasteiger partial charge in [0.2, 0.25) is 11.7 Å². The van der Waals surface area contributed by atoms with E-state index in [2.05, 4.69) is 15.6 Å². The molecule has 216 valence electrons. The Morgan fingerprint density at radius 3 is 2.56 bits per heavy atom. The summed E-state index contributed by atoms with van der Waals surface area (Å²) in [6.07, 6.45) is 6.91. The predicted molar refractivity (Wildman–Crippen MR) is 148 cm³/mol. The Balaban J connectivity index is 1.16. The molecular weight excluding hydrogens is 524 g/mol. The van der Waals surface area contributed by atoms with Crippen molar-refractivity contribution >= 4 is 40.2 Å². The van der Waals surface area contributed by atoms with Crippen LogP contribution in [0.4, 0.5) is 0 Å². The lowest BCUT2D eigenvalue weighted by molar-refractivity contribution is -0.143. The van der Waals surface area contributed by atoms with Crippen LogP contribution in [0.1, 0.15) is 74.7 Å². The van der Waals surface area contributed by atoms with Crippen LogP contribution in [0.5, 0.6) is 5.75 Å². The summed E-state index contributed by atoms with van der Waals surface area (Å²) in [7, 11) is 1.58. The fourth-order valence-corrected chi connectivity index (χ4v) is 7.70. The summed E-state index contributed by atoms with van der Waals surface area (Å²) in [6, 6.07) is 6.22. The van der Waals surface area contributed by atoms with Crippen LogP contribution < -0.4 is 15.4 Å². The van der Waals surface area contributed by atoms with Crippen LogP contribution in [0, 0.1) is 17.3 Å². The molecule has 3 heterocycles. The van der Waals surface area contributed by atoms with E-state index in [4.69, 9.17) is 4.74 Å². The number of rotatable bonds is 10. The lowest BCUT2D eigenvalue weighted by Gasteiger charge is -2.47. The van der Waals surface area contributed by atoms with Crippen LogP contribution in [-0.2, 0) is 19.2 Å². The van der Waals surface area contributed by atoms with E-state index in [1.807, 2.05) is 18.2 Å². The van der Waals surface area contributed by atoms with Crippen molar-refractivity contribution in [2.75, 3.05) is 13.7 Å². The van der Waals surface area contributed by atoms with E-state index in [1.54, 1.807) is 18.1 Å². The molecule has 10 heteroatoms. The van der Waals surface area contributed by atoms with Crippen molar-refractivity contribution in [3.8, 4) is 5.75 Å². The van der Waals surface area contributed by atoms with Gasteiger partial charge in [-0.15, -0.1) is 0 Å². The molecule has 2 aliphatic heterocycles. The summed E-state index contributed by atoms with van der Waals surface area (Å²) in [4.78, 5) is 71.6. The molecule has 2 unspecified atom stereocenters. The average molecular weight is 561 g/mol. The zero-order valence-corrected chi connectivity index (χ0v) is 23.3. The van der Waals surface area contributed by atoms with Gasteiger partial charge in [0, 0.05) is 35.8 Å². The van der Waals surface area contributed by atoms with Gasteiger partial charge in [0.1, 0.15) is 22.8 Å². The maximum absolute atomic E-state index is 14.1. The summed E-state index contributed by atoms with van der Waals surface area (Å²) in [5, 5.41) is 6.41. The quantitative estimate of drug-likeness (QED) is 0.382. The summed E-state index contributed by atoms with van der Waals surface area (Å²) in [5.74, 6) is -1.25. The fourth-order valence-electron chi connectivity index (χ4n) is 7.70. The van der Waals surface area contributed by atoms with E-state index in [0.717, 1.165) is 43.0 Å². The SMILES string of the molecule is COc1cccc2[nH]c(C(=O)N3CC4(C5CC5)CC3(C(=O)NC(CC3CCCC3=O)C(=O)C(=O)NC3CC3)C4)cc12. The van der Waals surface area contributed by atoms with Gasteiger partial charge < -0.3 is 25.3 Å². The zero-order valence-electron chi connectivity index (χ0n) is 23.3. The van der Waals surface area contributed by atoms with Crippen molar-refractivity contribution in [2.24, 2.45) is 17.3 Å². The highest BCUT2D eigenvalue weighted by molar-refractivity contribution is 6.38. The number of hydrogen-bond donors (Lipinski definition) is 3. The van der Waals surface area contributed by atoms with Crippen molar-refractivity contribution in [3.63, 3.8) is 0 Å². The Morgan fingerprint density at radius 2 is 1.90 bits per heavy atom. The number of amides is 3. The minimum Gasteiger partial charge on any atom is -0.496 e. The lowest BCUT2D eigenvalue weighted by Crippen LogP contribution is -2.64. The number of nitrogens with one attached hydrogen (secondary N) is 3. The van der Waals surface area contributed by atoms with Crippen LogP contribution in [0.15, 0.2) is 24.3 Å². The summed E-state index contributed by atoms with van der Waals surface area (Å²) in [5.41, 5.74) is -0.0425. The molecule has 10 nitrogen and oxygen atoms in total. The van der Waals surface area contributed by atoms with Crippen LogP contribution in [0.2, 0.25) is 0 Å². The predicted octanol–water partition coefficient (Wildman–Crippen LogP) is 2.65. The standard InChI is InChI=1S/C31H36N4O6/c1-41-25-7-3-5-21-20(25)13-23(33-21)28(39)35-16-30(18-8-9-18)14-31(35,15-30)29(40)34-22(12-17-4-2-6-24(17)36)26(37)27(38)32-19-10-11-19/h3,5,7,13,17-19,22,33H,2,4,6,8-12,14-16H2,1H3,(H,32,38)(H,34,40). The second-order valence-electron chi connectivity index (χ2n) is 12.9. The molecule has 6 aliphatic rings. The third-order valence-corrected chi connectivity index (χ3v) is 10.2. The van der Waals surface area contributed by atoms with Gasteiger partial charge in [0.15, 0.2) is 0 Å². The number of carbonyl (C=O) groups excluding carboxylic acids is 5. The van der Waals surface area contributed by atoms with Gasteiger partial charge in [-0.1, -0.05) is 6.07 Å². The summed E-state index contributed by atoms with van der Waals surface area (Å²) < 4.78 is 5.47. The molecule has 0 radical (unpaired) electrons. The van der Waals surface area contributed by atoms with Crippen LogP contribution in [-0.4, -0.2) is 70.4 Å². The van der Waals surface area contributed by atoms with Crippen molar-refractivity contribution in [3.05, 3.63) is 30.0 Å². The van der Waals surface area contributed by atoms with Gasteiger partial charge in [0.25, 0.3) is 11.8 Å². The first-order chi connectivity index (χ1) is 19.7. The Bertz CT molecular complexity index is 1460. The Kier molecular flexibility index (Phi) is 6.03. The number of fused-ring (bicyclic) bond motifs is 2. The molecular formula is C31H36N4O6. The number of ketones is 2. The maximum atomic E-state index is 14.1. The zero-order chi connectivity index (χ0) is 28.5. The number of aromatic amines is 1. The molecule has 2 atom stereocenters. The minimum absolute atomic E-state index is 0.00169. The second kappa shape index (κ2) is 9.42. The molecule has 3 amide bonds. The largest absolute Gasteiger partial charge is 0.496 e. The molecule has 1 aromatic carbocycles. The topological polar surface area (TPSA) is 138 Å². The number of benzene rings is 1. The number of ether oxygens (including phenoxy) is 1. The first-order valence-corrected chi connectivity index (χ1v) is 14.9. The van der Waals surface area contributed by atoms with Gasteiger partial charge >= 0.3 is 0 Å². The van der Waals surface area contributed by atoms with Crippen molar-refractivity contribution in [1.29, 1.82) is 0 Å². The molecule has 8 rings (SSSR count). The second-order valence-corrected chi connectivity index (χ2v) is 12.9. The number of H-pyrrole nitrogens is 1. The van der Waals surface area contributed by atoms with Crippen molar-refractivity contribution < 1.29 is 28.7 Å². The number of carbonyl (C=O) groups is 5. The highest BCUT2D eigenvalue weighted by Crippen LogP contribution is 2.68. The van der Waals surface area contributed by atoms with Gasteiger partial charge in [0.05, 0.1) is 13.2 Å². The van der Waals surface area contributed by atoms with Gasteiger partial charge in [-0.3, -0.25) is 24.0 Å². The van der Waals surface area contributed by atoms with Gasteiger partial charge in [-0.05, 0) is 87.3 Å². The van der Waals surface area contributed by atoms with E-state index in [0.29, 0.717) is 49.6 Å². The molecule has 4 aliphatic carbocycles. The van der Waals surface area contributed by atoms with E-state index in [1.165, 1.54) is 0 Å². The highest BCUT2D eigenvalue weighted by Gasteiger charge is 2.73. The molecule has 2 aromatic rings. The number of Topliss-reactive ketones (excluding diaryl/α,β-unsaturated/α-hetero) is 2. The minimum atomic E-state index is -1.10. The van der Waals surface area contributed by atoms with Crippen LogP contribution in [0.3, 0.4) is 0 Å². The molecule has 2 bridgehead atoms. The molecule has 1 aromatic heterocycles. The third-order valence-electron chi connectivity index (χ3n) is 10.2. The maximum Gasteiger partial charge on any atom is 0.289 e. The lowest BCUT2D eigenvalue weighted by atomic mass is 9.59. The average Bonchev–Trinajstić information content (AvgIpc) is 3.81. The van der Waals surface area contributed by atoms with E-state index >= 15 is 0 Å². The number of hydrogen-bond acceptors (Lipinski definition) is 6. The van der Waals surface area contributed by atoms with E-state index in [9.17, 15) is 24.0 Å². The van der Waals surface area contributed by atoms with Crippen molar-refractivity contribution in [1.82, 2.24) is 20.5 Å². The van der Waals surface area contributed by atoms with Gasteiger partial charge in [-0.2, -0.15) is 0 Å². The number of aromatic nitrogens is 1. The van der Waals surface area contributed by atoms with Crippen molar-refractivity contribution in [2.45, 2.75) is 81.8 Å². The van der Waals surface area contributed by atoms with Crippen LogP contribution in [0.25, 0.3) is 10.9 Å². The van der Waals surface area contributed by atoms with Gasteiger partial charge in [-0.25, -0.2) is 0 Å². The summed E-state index contributed by atoms with van der Waals surface area (Å²) >= 11 is 0. The molecule has 3 N–H and O–H groups in total. The van der Waals surface area contributed by atoms with E-state index < -0.39 is 29.2 Å². The number of methoxy groups -OCH3 is 1. The number of nitrogens with zero attached hydrogens (tertiary/aromatic N) is 1. The molecule has 6 fully saturated rings. The smallest absolute Gasteiger partial charge is 0.289 e. The normalized spacial score (nSPS) is 29.2. The van der Waals surface area contributed by atoms with Crippen LogP contribution >= 0.6 is 0 Å². The monoisotopic (exact) mass is 560 g/mol. The van der Waals surface area contributed by atoms with E-state index in [-0.39, 0.29) is 35.5 Å². The Hall–Kier alpha value is -3.69. The molecule has 0 spiro atoms. The first kappa shape index (κ1) is 26.2. The Morgan fingerprint density at radius 1 is 1.12 bits per heavy atom.